The Bertz CT molecular complexity index is 1310. The Labute approximate surface area is 270 Å². The highest BCUT2D eigenvalue weighted by molar-refractivity contribution is 5.53. The van der Waals surface area contributed by atoms with Crippen LogP contribution in [0.1, 0.15) is 53.9 Å². The Morgan fingerprint density at radius 2 is 1.54 bits per heavy atom. The third-order valence-corrected chi connectivity index (χ3v) is 8.11. The molecule has 5 atom stereocenters. The average Bonchev–Trinajstić information content (AvgIpc) is 3.65. The van der Waals surface area contributed by atoms with Gasteiger partial charge in [0.25, 0.3) is 5.69 Å². The zero-order valence-electron chi connectivity index (χ0n) is 27.3. The Balaban J connectivity index is 0.978. The summed E-state index contributed by atoms with van der Waals surface area (Å²) in [5.41, 5.74) is 2.35. The van der Waals surface area contributed by atoms with Gasteiger partial charge in [-0.1, -0.05) is 0 Å². The van der Waals surface area contributed by atoms with Gasteiger partial charge in [0.15, 0.2) is 17.9 Å². The van der Waals surface area contributed by atoms with E-state index in [2.05, 4.69) is 22.1 Å². The molecule has 2 aromatic carbocycles. The van der Waals surface area contributed by atoms with Crippen molar-refractivity contribution in [1.29, 1.82) is 0 Å². The smallest absolute Gasteiger partial charge is 0.269 e. The molecule has 3 fully saturated rings. The molecule has 0 aliphatic carbocycles. The molecule has 0 spiro atoms. The molecule has 0 saturated carbocycles. The number of fused-ring (bicyclic) bond motifs is 1. The molecule has 0 N–H and O–H groups in total. The molecular weight excluding hydrogens is 596 g/mol. The van der Waals surface area contributed by atoms with Gasteiger partial charge in [0.1, 0.15) is 24.4 Å². The number of hydrogen-bond acceptors (Lipinski definition) is 12. The van der Waals surface area contributed by atoms with Gasteiger partial charge in [0, 0.05) is 44.1 Å². The average molecular weight is 643 g/mol. The first-order valence-corrected chi connectivity index (χ1v) is 16.1. The Morgan fingerprint density at radius 1 is 0.870 bits per heavy atom. The fourth-order valence-electron chi connectivity index (χ4n) is 5.81. The van der Waals surface area contributed by atoms with Crippen molar-refractivity contribution in [1.82, 2.24) is 0 Å². The van der Waals surface area contributed by atoms with Crippen molar-refractivity contribution in [3.63, 3.8) is 0 Å². The molecular formula is C33H46N4O9. The highest BCUT2D eigenvalue weighted by Gasteiger charge is 2.58. The quantitative estimate of drug-likeness (QED) is 0.0871. The second-order valence-electron chi connectivity index (χ2n) is 12.5. The highest BCUT2D eigenvalue weighted by Crippen LogP contribution is 2.42. The zero-order chi connectivity index (χ0) is 32.7. The number of nitrogens with zero attached hydrogens (tertiary/aromatic N) is 4. The molecule has 3 saturated heterocycles. The zero-order valence-corrected chi connectivity index (χ0v) is 27.3. The van der Waals surface area contributed by atoms with Crippen LogP contribution in [0.25, 0.3) is 0 Å². The van der Waals surface area contributed by atoms with Gasteiger partial charge in [0.05, 0.1) is 29.5 Å². The summed E-state index contributed by atoms with van der Waals surface area (Å²) in [5.74, 6) is -1.36. The number of likely N-dealkylation sites (N-methyl/N-ethyl adjacent to an activating group) is 1. The number of ether oxygens (including phenoxy) is 7. The van der Waals surface area contributed by atoms with Crippen molar-refractivity contribution in [3.05, 3.63) is 58.6 Å². The number of nitro benzene ring substituents is 1. The van der Waals surface area contributed by atoms with E-state index in [-0.39, 0.29) is 30.1 Å². The first-order chi connectivity index (χ1) is 22.0. The molecule has 0 aromatic heterocycles. The second-order valence-corrected chi connectivity index (χ2v) is 12.5. The summed E-state index contributed by atoms with van der Waals surface area (Å²) in [4.78, 5) is 12.6. The van der Waals surface area contributed by atoms with Crippen molar-refractivity contribution in [2.45, 2.75) is 96.2 Å². The van der Waals surface area contributed by atoms with Crippen LogP contribution < -0.4 is 4.90 Å². The van der Waals surface area contributed by atoms with Gasteiger partial charge >= 0.3 is 0 Å². The number of azo groups is 1. The number of hydrogen-bond donors (Lipinski definition) is 0. The van der Waals surface area contributed by atoms with Crippen LogP contribution in [0.2, 0.25) is 0 Å². The highest BCUT2D eigenvalue weighted by atomic mass is 16.8. The van der Waals surface area contributed by atoms with Crippen molar-refractivity contribution >= 4 is 22.7 Å². The lowest BCUT2D eigenvalue weighted by molar-refractivity contribution is -0.384. The van der Waals surface area contributed by atoms with Gasteiger partial charge in [-0.05, 0) is 90.3 Å². The number of nitro groups is 1. The first-order valence-electron chi connectivity index (χ1n) is 16.1. The fraction of sp³-hybridized carbons (Fsp3) is 0.636. The standard InChI is InChI=1S/C33H46N4O9/c1-6-36(25-14-10-23(11-15-25)34-35-24-12-16-26(17-13-24)37(38)39)18-21-40-19-8-7-9-20-41-29-28(27-22-42-32(2,3)44-27)43-31-30(29)45-33(4,5)46-31/h10-17,27-31H,6-9,18-22H2,1-5H3/t27-,28-,29+,30-,31-/m1/s1. The summed E-state index contributed by atoms with van der Waals surface area (Å²) >= 11 is 0. The minimum atomic E-state index is -0.715. The second kappa shape index (κ2) is 15.2. The van der Waals surface area contributed by atoms with Crippen molar-refractivity contribution in [2.75, 3.05) is 44.4 Å². The van der Waals surface area contributed by atoms with Crippen molar-refractivity contribution < 1.29 is 38.1 Å². The number of unbranched alkanes of at least 4 members (excludes halogenated alkanes) is 2. The molecule has 0 amide bonds. The summed E-state index contributed by atoms with van der Waals surface area (Å²) in [6.45, 7) is 13.6. The van der Waals surface area contributed by atoms with Crippen molar-refractivity contribution in [3.8, 4) is 0 Å². The maximum absolute atomic E-state index is 10.8. The summed E-state index contributed by atoms with van der Waals surface area (Å²) in [7, 11) is 0. The monoisotopic (exact) mass is 642 g/mol. The van der Waals surface area contributed by atoms with Crippen LogP contribution in [0.15, 0.2) is 58.8 Å². The number of benzene rings is 2. The van der Waals surface area contributed by atoms with Gasteiger partial charge in [-0.2, -0.15) is 10.2 Å². The molecule has 13 nitrogen and oxygen atoms in total. The van der Waals surface area contributed by atoms with E-state index < -0.39 is 22.8 Å². The molecule has 0 radical (unpaired) electrons. The van der Waals surface area contributed by atoms with Gasteiger partial charge in [-0.3, -0.25) is 10.1 Å². The number of non-ortho nitro benzene ring substituents is 1. The lowest BCUT2D eigenvalue weighted by atomic mass is 10.1. The van der Waals surface area contributed by atoms with Crippen LogP contribution in [0, 0.1) is 10.1 Å². The summed E-state index contributed by atoms with van der Waals surface area (Å²) in [5, 5.41) is 19.2. The molecule has 3 aliphatic rings. The third kappa shape index (κ3) is 9.06. The Kier molecular flexibility index (Phi) is 11.4. The van der Waals surface area contributed by atoms with Gasteiger partial charge in [-0.15, -0.1) is 0 Å². The Morgan fingerprint density at radius 3 is 2.17 bits per heavy atom. The third-order valence-electron chi connectivity index (χ3n) is 8.11. The van der Waals surface area contributed by atoms with E-state index in [9.17, 15) is 10.1 Å². The van der Waals surface area contributed by atoms with Crippen LogP contribution in [-0.4, -0.2) is 86.7 Å². The van der Waals surface area contributed by atoms with Crippen LogP contribution in [-0.2, 0) is 33.2 Å². The SMILES string of the molecule is CCN(CCOCCCCCO[C@@H]1[C@H]2OC(C)(C)O[C@H]2O[C@@H]1[C@H]1COC(C)(C)O1)c1ccc(N=Nc2ccc([N+](=O)[O-])cc2)cc1. The normalized spacial score (nSPS) is 26.5. The minimum absolute atomic E-state index is 0.0228. The maximum atomic E-state index is 10.8. The fourth-order valence-corrected chi connectivity index (χ4v) is 5.81. The van der Waals surface area contributed by atoms with Gasteiger partial charge in [0.2, 0.25) is 0 Å². The molecule has 252 valence electrons. The van der Waals surface area contributed by atoms with Crippen LogP contribution >= 0.6 is 0 Å². The molecule has 0 unspecified atom stereocenters. The predicted octanol–water partition coefficient (Wildman–Crippen LogP) is 6.44. The Hall–Kier alpha value is -3.04. The summed E-state index contributed by atoms with van der Waals surface area (Å²) < 4.78 is 42.4. The summed E-state index contributed by atoms with van der Waals surface area (Å²) in [6.07, 6.45) is 1.19. The molecule has 5 rings (SSSR count). The lowest BCUT2D eigenvalue weighted by Gasteiger charge is -2.29. The number of anilines is 1. The van der Waals surface area contributed by atoms with Crippen LogP contribution in [0.4, 0.5) is 22.7 Å². The molecule has 46 heavy (non-hydrogen) atoms. The number of rotatable bonds is 16. The van der Waals surface area contributed by atoms with Crippen molar-refractivity contribution in [2.24, 2.45) is 10.2 Å². The predicted molar refractivity (Wildman–Crippen MR) is 170 cm³/mol. The molecule has 3 aliphatic heterocycles. The maximum Gasteiger partial charge on any atom is 0.269 e. The molecule has 0 bridgehead atoms. The lowest BCUT2D eigenvalue weighted by Crippen LogP contribution is -2.44. The van der Waals surface area contributed by atoms with E-state index in [0.29, 0.717) is 37.8 Å². The largest absolute Gasteiger partial charge is 0.380 e. The molecule has 13 heteroatoms. The van der Waals surface area contributed by atoms with E-state index in [0.717, 1.165) is 38.0 Å². The van der Waals surface area contributed by atoms with E-state index in [4.69, 9.17) is 33.2 Å². The van der Waals surface area contributed by atoms with E-state index >= 15 is 0 Å². The summed E-state index contributed by atoms with van der Waals surface area (Å²) in [6, 6.07) is 13.8. The van der Waals surface area contributed by atoms with E-state index in [1.807, 2.05) is 52.0 Å². The van der Waals surface area contributed by atoms with Crippen LogP contribution in [0.5, 0.6) is 0 Å². The minimum Gasteiger partial charge on any atom is -0.380 e. The molecule has 2 aromatic rings. The van der Waals surface area contributed by atoms with E-state index in [1.165, 1.54) is 12.1 Å². The van der Waals surface area contributed by atoms with Crippen LogP contribution in [0.3, 0.4) is 0 Å². The van der Waals surface area contributed by atoms with Gasteiger partial charge in [-0.25, -0.2) is 0 Å². The van der Waals surface area contributed by atoms with Gasteiger partial charge < -0.3 is 38.1 Å². The van der Waals surface area contributed by atoms with E-state index in [1.54, 1.807) is 12.1 Å². The topological polar surface area (TPSA) is 136 Å². The first kappa shape index (κ1) is 34.3. The molecule has 3 heterocycles.